The van der Waals surface area contributed by atoms with Gasteiger partial charge in [-0.25, -0.2) is 8.78 Å². The van der Waals surface area contributed by atoms with Crippen molar-refractivity contribution < 1.29 is 26.1 Å². The summed E-state index contributed by atoms with van der Waals surface area (Å²) in [5, 5.41) is 0. The van der Waals surface area contributed by atoms with Crippen LogP contribution in [0.5, 0.6) is 0 Å². The summed E-state index contributed by atoms with van der Waals surface area (Å²) in [6, 6.07) is 0. The monoisotopic (exact) mass is 277 g/mol. The molecule has 0 aromatic heterocycles. The van der Waals surface area contributed by atoms with Crippen LogP contribution in [0.25, 0.3) is 0 Å². The third kappa shape index (κ3) is 15.4. The van der Waals surface area contributed by atoms with Crippen molar-refractivity contribution in [1.82, 2.24) is 0 Å². The maximum atomic E-state index is 12.6. The van der Waals surface area contributed by atoms with Gasteiger partial charge in [-0.15, -0.1) is 6.58 Å². The normalized spacial score (nSPS) is 14.4. The van der Waals surface area contributed by atoms with E-state index in [9.17, 15) is 21.6 Å². The van der Waals surface area contributed by atoms with Gasteiger partial charge in [-0.1, -0.05) is 6.08 Å². The Balaban J connectivity index is 0. The van der Waals surface area contributed by atoms with Crippen LogP contribution in [0.15, 0.2) is 12.7 Å². The van der Waals surface area contributed by atoms with Gasteiger partial charge in [-0.05, 0) is 12.8 Å². The second-order valence-corrected chi connectivity index (χ2v) is 4.63. The highest BCUT2D eigenvalue weighted by atomic mass is 32.2. The number of rotatable bonds is 7. The molecule has 17 heavy (non-hydrogen) atoms. The number of halogens is 3. The maximum Gasteiger partial charge on any atom is 0.267 e. The first-order valence-corrected chi connectivity index (χ1v) is 6.49. The molecule has 0 fully saturated rings. The Bertz CT molecular complexity index is 285. The average molecular weight is 277 g/mol. The van der Waals surface area contributed by atoms with E-state index in [4.69, 9.17) is 10.3 Å². The summed E-state index contributed by atoms with van der Waals surface area (Å²) in [5.74, 6) is -1.28. The predicted molar refractivity (Wildman–Crippen MR) is 60.7 cm³/mol. The van der Waals surface area contributed by atoms with Crippen LogP contribution < -0.4 is 5.73 Å². The van der Waals surface area contributed by atoms with E-state index in [0.29, 0.717) is 6.54 Å². The molecule has 0 aliphatic heterocycles. The van der Waals surface area contributed by atoms with E-state index in [1.54, 1.807) is 6.08 Å². The molecule has 0 spiro atoms. The Hall–Kier alpha value is -0.600. The molecule has 4 nitrogen and oxygen atoms in total. The van der Waals surface area contributed by atoms with E-state index in [-0.39, 0.29) is 12.8 Å². The van der Waals surface area contributed by atoms with Gasteiger partial charge in [0.25, 0.3) is 10.1 Å². The SMILES string of the molecule is C=CCN.O=S(=O)(O)CC(F)C(F)CCCF. The van der Waals surface area contributed by atoms with Gasteiger partial charge in [0.2, 0.25) is 0 Å². The van der Waals surface area contributed by atoms with Crippen LogP contribution in [-0.2, 0) is 10.1 Å². The van der Waals surface area contributed by atoms with Crippen molar-refractivity contribution in [3.63, 3.8) is 0 Å². The quantitative estimate of drug-likeness (QED) is 0.545. The van der Waals surface area contributed by atoms with Crippen LogP contribution in [0, 0.1) is 0 Å². The molecular weight excluding hydrogens is 259 g/mol. The van der Waals surface area contributed by atoms with Crippen LogP contribution in [0.1, 0.15) is 12.8 Å². The Morgan fingerprint density at radius 3 is 2.12 bits per heavy atom. The fraction of sp³-hybridized carbons (Fsp3) is 0.778. The Labute approximate surface area is 99.4 Å². The highest BCUT2D eigenvalue weighted by Crippen LogP contribution is 2.12. The van der Waals surface area contributed by atoms with Gasteiger partial charge in [0, 0.05) is 6.54 Å². The summed E-state index contributed by atoms with van der Waals surface area (Å²) in [5.41, 5.74) is 4.91. The fourth-order valence-electron chi connectivity index (χ4n) is 0.759. The molecule has 0 saturated heterocycles. The van der Waals surface area contributed by atoms with Gasteiger partial charge in [-0.2, -0.15) is 8.42 Å². The highest BCUT2D eigenvalue weighted by molar-refractivity contribution is 7.85. The third-order valence-electron chi connectivity index (χ3n) is 1.54. The van der Waals surface area contributed by atoms with E-state index in [1.807, 2.05) is 0 Å². The molecule has 0 rings (SSSR count). The topological polar surface area (TPSA) is 80.4 Å². The zero-order valence-electron chi connectivity index (χ0n) is 9.36. The molecule has 0 saturated carbocycles. The van der Waals surface area contributed by atoms with Crippen LogP contribution >= 0.6 is 0 Å². The van der Waals surface area contributed by atoms with E-state index in [2.05, 4.69) is 6.58 Å². The molecule has 0 aliphatic rings. The van der Waals surface area contributed by atoms with Crippen LogP contribution in [0.3, 0.4) is 0 Å². The molecule has 3 N–H and O–H groups in total. The molecule has 0 amide bonds. The third-order valence-corrected chi connectivity index (χ3v) is 2.28. The largest absolute Gasteiger partial charge is 0.327 e. The number of nitrogens with two attached hydrogens (primary N) is 1. The molecule has 0 bridgehead atoms. The molecule has 8 heteroatoms. The van der Waals surface area contributed by atoms with E-state index < -0.39 is 34.9 Å². The van der Waals surface area contributed by atoms with E-state index in [0.717, 1.165) is 0 Å². The lowest BCUT2D eigenvalue weighted by Gasteiger charge is -2.10. The van der Waals surface area contributed by atoms with Crippen LogP contribution in [0.4, 0.5) is 13.2 Å². The van der Waals surface area contributed by atoms with Gasteiger partial charge >= 0.3 is 0 Å². The van der Waals surface area contributed by atoms with Crippen molar-refractivity contribution in [3.05, 3.63) is 12.7 Å². The minimum absolute atomic E-state index is 0.160. The number of hydrogen-bond acceptors (Lipinski definition) is 3. The summed E-state index contributed by atoms with van der Waals surface area (Å²) < 4.78 is 65.0. The molecule has 104 valence electrons. The zero-order chi connectivity index (χ0) is 13.9. The molecule has 0 aromatic rings. The van der Waals surface area contributed by atoms with Crippen molar-refractivity contribution in [3.8, 4) is 0 Å². The number of hydrogen-bond donors (Lipinski definition) is 2. The second-order valence-electron chi connectivity index (χ2n) is 3.14. The molecule has 0 radical (unpaired) electrons. The maximum absolute atomic E-state index is 12.6. The van der Waals surface area contributed by atoms with E-state index in [1.165, 1.54) is 0 Å². The Kier molecular flexibility index (Phi) is 11.6. The smallest absolute Gasteiger partial charge is 0.267 e. The zero-order valence-corrected chi connectivity index (χ0v) is 10.2. The van der Waals surface area contributed by atoms with Gasteiger partial charge in [0.05, 0.1) is 6.67 Å². The summed E-state index contributed by atoms with van der Waals surface area (Å²) in [6.45, 7) is 3.16. The summed E-state index contributed by atoms with van der Waals surface area (Å²) >= 11 is 0. The predicted octanol–water partition coefficient (Wildman–Crippen LogP) is 1.43. The summed E-state index contributed by atoms with van der Waals surface area (Å²) in [7, 11) is -4.50. The van der Waals surface area contributed by atoms with Crippen molar-refractivity contribution in [2.24, 2.45) is 5.73 Å². The van der Waals surface area contributed by atoms with Crippen molar-refractivity contribution in [1.29, 1.82) is 0 Å². The minimum Gasteiger partial charge on any atom is -0.327 e. The molecule has 0 aromatic carbocycles. The van der Waals surface area contributed by atoms with Gasteiger partial charge in [-0.3, -0.25) is 8.94 Å². The second kappa shape index (κ2) is 10.5. The molecule has 2 unspecified atom stereocenters. The minimum atomic E-state index is -4.50. The van der Waals surface area contributed by atoms with Crippen molar-refractivity contribution >= 4 is 10.1 Å². The van der Waals surface area contributed by atoms with E-state index >= 15 is 0 Å². The van der Waals surface area contributed by atoms with Gasteiger partial charge in [0.1, 0.15) is 18.1 Å². The summed E-state index contributed by atoms with van der Waals surface area (Å²) in [4.78, 5) is 0. The van der Waals surface area contributed by atoms with Gasteiger partial charge in [0.15, 0.2) is 0 Å². The Morgan fingerprint density at radius 2 is 1.82 bits per heavy atom. The fourth-order valence-corrected chi connectivity index (χ4v) is 1.37. The number of alkyl halides is 3. The van der Waals surface area contributed by atoms with Crippen molar-refractivity contribution in [2.45, 2.75) is 25.2 Å². The van der Waals surface area contributed by atoms with Crippen molar-refractivity contribution in [2.75, 3.05) is 19.0 Å². The van der Waals surface area contributed by atoms with Gasteiger partial charge < -0.3 is 5.73 Å². The molecule has 0 aliphatic carbocycles. The van der Waals surface area contributed by atoms with Crippen LogP contribution in [-0.4, -0.2) is 44.3 Å². The lowest BCUT2D eigenvalue weighted by molar-refractivity contribution is 0.167. The first-order chi connectivity index (χ1) is 7.78. The lowest BCUT2D eigenvalue weighted by Crippen LogP contribution is -2.26. The standard InChI is InChI=1S/C6H11F3O3S.C3H7N/c7-3-1-2-5(8)6(9)4-13(10,11)12;1-2-3-4/h5-6H,1-4H2,(H,10,11,12);2H,1,3-4H2. The Morgan fingerprint density at radius 1 is 1.35 bits per heavy atom. The molecular formula is C9H18F3NO3S. The lowest BCUT2D eigenvalue weighted by atomic mass is 10.1. The average Bonchev–Trinajstić information content (AvgIpc) is 2.23. The van der Waals surface area contributed by atoms with Crippen LogP contribution in [0.2, 0.25) is 0 Å². The molecule has 0 heterocycles. The molecule has 2 atom stereocenters. The summed E-state index contributed by atoms with van der Waals surface area (Å²) in [6.07, 6.45) is -3.22. The first kappa shape index (κ1) is 18.8. The first-order valence-electron chi connectivity index (χ1n) is 4.88. The highest BCUT2D eigenvalue weighted by Gasteiger charge is 2.25.